The maximum absolute atomic E-state index is 12.7. The number of nitrogens with zero attached hydrogens (tertiary/aromatic N) is 4. The smallest absolute Gasteiger partial charge is 0.387 e. The first-order valence-electron chi connectivity index (χ1n) is 10.5. The lowest BCUT2D eigenvalue weighted by molar-refractivity contribution is -0.0494. The number of alkyl halides is 2. The van der Waals surface area contributed by atoms with E-state index in [9.17, 15) is 8.78 Å². The molecule has 2 atom stereocenters. The second-order valence-electron chi connectivity index (χ2n) is 8.28. The van der Waals surface area contributed by atoms with Gasteiger partial charge in [0.15, 0.2) is 11.6 Å². The molecule has 3 saturated heterocycles. The van der Waals surface area contributed by atoms with Crippen LogP contribution in [-0.4, -0.2) is 46.9 Å². The highest BCUT2D eigenvalue weighted by atomic mass is 19.3. The first-order chi connectivity index (χ1) is 14.6. The van der Waals surface area contributed by atoms with Gasteiger partial charge in [0.05, 0.1) is 24.4 Å². The van der Waals surface area contributed by atoms with Gasteiger partial charge in [-0.05, 0) is 31.7 Å². The average molecular weight is 417 g/mol. The first-order valence-corrected chi connectivity index (χ1v) is 10.5. The van der Waals surface area contributed by atoms with Gasteiger partial charge in [-0.1, -0.05) is 12.8 Å². The van der Waals surface area contributed by atoms with Gasteiger partial charge in [-0.3, -0.25) is 0 Å². The van der Waals surface area contributed by atoms with E-state index in [1.807, 2.05) is 6.07 Å². The Kier molecular flexibility index (Phi) is 5.14. The standard InChI is InChI=1S/C21H25F2N5O2/c22-21(23)30-17-7-13(9-25-19(17)24)16-8-18(27-20(26-16)12-3-1-2-4-12)28-10-15-6-5-14(28)11-29-15/h7-9,12,14-15,21H,1-6,10-11H2,(H2,24,25)/t14-,15-/m0/s1. The van der Waals surface area contributed by atoms with Crippen molar-refractivity contribution in [2.75, 3.05) is 23.8 Å². The summed E-state index contributed by atoms with van der Waals surface area (Å²) in [5, 5.41) is 0. The molecule has 2 bridgehead atoms. The summed E-state index contributed by atoms with van der Waals surface area (Å²) in [6, 6.07) is 3.69. The number of anilines is 2. The fourth-order valence-corrected chi connectivity index (χ4v) is 4.73. The fourth-order valence-electron chi connectivity index (χ4n) is 4.73. The van der Waals surface area contributed by atoms with E-state index < -0.39 is 6.61 Å². The van der Waals surface area contributed by atoms with Crippen molar-refractivity contribution >= 4 is 11.6 Å². The Morgan fingerprint density at radius 3 is 2.63 bits per heavy atom. The van der Waals surface area contributed by atoms with Crippen molar-refractivity contribution in [1.82, 2.24) is 15.0 Å². The van der Waals surface area contributed by atoms with E-state index in [0.29, 0.717) is 29.8 Å². The summed E-state index contributed by atoms with van der Waals surface area (Å²) in [4.78, 5) is 16.1. The van der Waals surface area contributed by atoms with Crippen molar-refractivity contribution in [1.29, 1.82) is 0 Å². The minimum Gasteiger partial charge on any atom is -0.431 e. The molecule has 2 N–H and O–H groups in total. The third kappa shape index (κ3) is 3.78. The number of hydrogen-bond donors (Lipinski definition) is 1. The molecule has 0 spiro atoms. The Morgan fingerprint density at radius 1 is 1.13 bits per heavy atom. The third-order valence-electron chi connectivity index (χ3n) is 6.33. The maximum atomic E-state index is 12.7. The fraction of sp³-hybridized carbons (Fsp3) is 0.571. The normalized spacial score (nSPS) is 24.0. The summed E-state index contributed by atoms with van der Waals surface area (Å²) in [6.45, 7) is -1.45. The van der Waals surface area contributed by atoms with Crippen molar-refractivity contribution in [3.05, 3.63) is 24.2 Å². The predicted octanol–water partition coefficient (Wildman–Crippen LogP) is 3.75. The predicted molar refractivity (Wildman–Crippen MR) is 108 cm³/mol. The van der Waals surface area contributed by atoms with Gasteiger partial charge in [0, 0.05) is 30.3 Å². The molecular weight excluding hydrogens is 392 g/mol. The van der Waals surface area contributed by atoms with E-state index in [2.05, 4.69) is 14.6 Å². The average Bonchev–Trinajstić information content (AvgIpc) is 3.30. The van der Waals surface area contributed by atoms with Gasteiger partial charge < -0.3 is 20.1 Å². The molecule has 0 amide bonds. The van der Waals surface area contributed by atoms with Crippen molar-refractivity contribution in [2.45, 2.75) is 63.2 Å². The number of fused-ring (bicyclic) bond motifs is 3. The molecule has 0 aromatic carbocycles. The van der Waals surface area contributed by atoms with Crippen molar-refractivity contribution in [3.8, 4) is 17.0 Å². The van der Waals surface area contributed by atoms with E-state index in [0.717, 1.165) is 43.9 Å². The Hall–Kier alpha value is -2.55. The van der Waals surface area contributed by atoms with Gasteiger partial charge in [-0.25, -0.2) is 15.0 Å². The molecule has 0 radical (unpaired) electrons. The van der Waals surface area contributed by atoms with E-state index in [1.165, 1.54) is 18.9 Å². The zero-order valence-corrected chi connectivity index (χ0v) is 16.6. The topological polar surface area (TPSA) is 86.4 Å². The lowest BCUT2D eigenvalue weighted by Crippen LogP contribution is -2.55. The van der Waals surface area contributed by atoms with Crippen LogP contribution in [0.1, 0.15) is 50.3 Å². The number of hydrogen-bond acceptors (Lipinski definition) is 7. The molecule has 7 nitrogen and oxygen atoms in total. The monoisotopic (exact) mass is 417 g/mol. The van der Waals surface area contributed by atoms with Crippen LogP contribution < -0.4 is 15.4 Å². The van der Waals surface area contributed by atoms with Crippen LogP contribution in [0.3, 0.4) is 0 Å². The molecule has 5 heterocycles. The lowest BCUT2D eigenvalue weighted by Gasteiger charge is -2.45. The molecule has 0 unspecified atom stereocenters. The molecule has 1 aliphatic carbocycles. The zero-order chi connectivity index (χ0) is 20.7. The van der Waals surface area contributed by atoms with Crippen LogP contribution >= 0.6 is 0 Å². The quantitative estimate of drug-likeness (QED) is 0.793. The Bertz CT molecular complexity index is 914. The van der Waals surface area contributed by atoms with Crippen LogP contribution in [-0.2, 0) is 4.74 Å². The van der Waals surface area contributed by atoms with Crippen LogP contribution in [0.5, 0.6) is 5.75 Å². The highest BCUT2D eigenvalue weighted by molar-refractivity contribution is 5.67. The number of aromatic nitrogens is 3. The van der Waals surface area contributed by atoms with E-state index in [1.54, 1.807) is 6.20 Å². The molecule has 6 rings (SSSR count). The summed E-state index contributed by atoms with van der Waals surface area (Å²) in [5.74, 6) is 1.79. The Labute approximate surface area is 173 Å². The first kappa shape index (κ1) is 19.4. The highest BCUT2D eigenvalue weighted by Gasteiger charge is 2.36. The van der Waals surface area contributed by atoms with Crippen LogP contribution in [0.25, 0.3) is 11.3 Å². The molecule has 30 heavy (non-hydrogen) atoms. The minimum atomic E-state index is -2.97. The largest absolute Gasteiger partial charge is 0.431 e. The van der Waals surface area contributed by atoms with Crippen LogP contribution in [0.4, 0.5) is 20.4 Å². The number of halogens is 2. The van der Waals surface area contributed by atoms with Crippen molar-refractivity contribution < 1.29 is 18.3 Å². The SMILES string of the molecule is Nc1ncc(-c2cc(N3C[C@@H]4CC[C@H]3CO4)nc(C3CCCC3)n2)cc1OC(F)F. The van der Waals surface area contributed by atoms with E-state index in [-0.39, 0.29) is 17.7 Å². The molecule has 3 aliphatic heterocycles. The van der Waals surface area contributed by atoms with Crippen molar-refractivity contribution in [3.63, 3.8) is 0 Å². The summed E-state index contributed by atoms with van der Waals surface area (Å²) < 4.78 is 35.9. The molecule has 9 heteroatoms. The van der Waals surface area contributed by atoms with Gasteiger partial charge in [-0.15, -0.1) is 0 Å². The van der Waals surface area contributed by atoms with Gasteiger partial charge in [0.25, 0.3) is 0 Å². The van der Waals surface area contributed by atoms with Crippen LogP contribution in [0.2, 0.25) is 0 Å². The molecule has 4 aliphatic rings. The Morgan fingerprint density at radius 2 is 1.97 bits per heavy atom. The number of nitrogens with two attached hydrogens (primary N) is 1. The van der Waals surface area contributed by atoms with Gasteiger partial charge >= 0.3 is 6.61 Å². The van der Waals surface area contributed by atoms with Gasteiger partial charge in [0.2, 0.25) is 0 Å². The zero-order valence-electron chi connectivity index (χ0n) is 16.6. The van der Waals surface area contributed by atoms with E-state index in [4.69, 9.17) is 20.4 Å². The van der Waals surface area contributed by atoms with Gasteiger partial charge in [0.1, 0.15) is 11.6 Å². The second kappa shape index (κ2) is 7.94. The molecular formula is C21H25F2N5O2. The minimum absolute atomic E-state index is 0.0742. The van der Waals surface area contributed by atoms with Crippen LogP contribution in [0, 0.1) is 0 Å². The lowest BCUT2D eigenvalue weighted by atomic mass is 9.97. The number of rotatable bonds is 5. The molecule has 160 valence electrons. The third-order valence-corrected chi connectivity index (χ3v) is 6.33. The molecule has 4 fully saturated rings. The maximum Gasteiger partial charge on any atom is 0.387 e. The molecule has 2 aromatic heterocycles. The number of piperidine rings is 1. The number of nitrogen functional groups attached to an aromatic ring is 1. The number of pyridine rings is 1. The summed E-state index contributed by atoms with van der Waals surface area (Å²) in [6.07, 6.45) is 8.41. The summed E-state index contributed by atoms with van der Waals surface area (Å²) in [7, 11) is 0. The van der Waals surface area contributed by atoms with Gasteiger partial charge in [-0.2, -0.15) is 8.78 Å². The molecule has 1 saturated carbocycles. The van der Waals surface area contributed by atoms with Crippen LogP contribution in [0.15, 0.2) is 18.3 Å². The number of morpholine rings is 1. The Balaban J connectivity index is 1.55. The van der Waals surface area contributed by atoms with E-state index >= 15 is 0 Å². The molecule has 2 aromatic rings. The second-order valence-corrected chi connectivity index (χ2v) is 8.28. The summed E-state index contributed by atoms with van der Waals surface area (Å²) >= 11 is 0. The summed E-state index contributed by atoms with van der Waals surface area (Å²) in [5.41, 5.74) is 6.94. The highest BCUT2D eigenvalue weighted by Crippen LogP contribution is 2.37. The number of ether oxygens (including phenoxy) is 2. The van der Waals surface area contributed by atoms with Crippen molar-refractivity contribution in [2.24, 2.45) is 0 Å².